The number of alkyl halides is 3. The number of carbonyl (C=O) groups is 2. The van der Waals surface area contributed by atoms with Crippen molar-refractivity contribution in [3.8, 4) is 0 Å². The summed E-state index contributed by atoms with van der Waals surface area (Å²) in [5, 5.41) is 10.5. The lowest BCUT2D eigenvalue weighted by molar-refractivity contribution is -0.192. The van der Waals surface area contributed by atoms with Gasteiger partial charge in [0, 0.05) is 44.8 Å². The minimum atomic E-state index is -5.08. The number of piperazine rings is 1. The lowest BCUT2D eigenvalue weighted by atomic mass is 9.98. The van der Waals surface area contributed by atoms with Crippen LogP contribution in [0, 0.1) is 11.8 Å². The number of hydrogen-bond acceptors (Lipinski definition) is 6. The number of nitrogens with zero attached hydrogens (tertiary/aromatic N) is 2. The molecule has 9 nitrogen and oxygen atoms in total. The van der Waals surface area contributed by atoms with Crippen LogP contribution in [0.1, 0.15) is 49.5 Å². The number of halogens is 3. The monoisotopic (exact) mass is 612 g/mol. The van der Waals surface area contributed by atoms with Gasteiger partial charge in [-0.25, -0.2) is 13.2 Å². The minimum absolute atomic E-state index is 0.0396. The van der Waals surface area contributed by atoms with Crippen molar-refractivity contribution in [1.82, 2.24) is 10.2 Å². The second kappa shape index (κ2) is 14.2. The number of likely N-dealkylation sites (tertiary alicyclic amines) is 1. The SMILES string of the molecule is CC(C)Cc1ccc(S(=O)(=O)Nc2cc(C(=O)N3CCC(C)CC3)ccc2N2CCNCC2)cc1.O=C(O)C(F)(F)F. The number of sulfonamides is 1. The molecule has 2 aromatic rings. The smallest absolute Gasteiger partial charge is 0.475 e. The number of anilines is 2. The highest BCUT2D eigenvalue weighted by atomic mass is 32.2. The molecule has 1 amide bonds. The van der Waals surface area contributed by atoms with Crippen molar-refractivity contribution in [2.45, 2.75) is 51.1 Å². The maximum atomic E-state index is 13.4. The molecule has 0 atom stereocenters. The topological polar surface area (TPSA) is 119 Å². The first-order chi connectivity index (χ1) is 19.7. The molecule has 0 spiro atoms. The van der Waals surface area contributed by atoms with Crippen molar-refractivity contribution in [3.63, 3.8) is 0 Å². The van der Waals surface area contributed by atoms with E-state index < -0.39 is 22.2 Å². The summed E-state index contributed by atoms with van der Waals surface area (Å²) in [5.74, 6) is -1.67. The molecule has 13 heteroatoms. The Morgan fingerprint density at radius 1 is 1.02 bits per heavy atom. The fraction of sp³-hybridized carbons (Fsp3) is 0.517. The number of piperidine rings is 1. The molecule has 0 aliphatic carbocycles. The molecule has 0 aromatic heterocycles. The molecule has 0 saturated carbocycles. The second-order valence-corrected chi connectivity index (χ2v) is 12.8. The highest BCUT2D eigenvalue weighted by Gasteiger charge is 2.38. The maximum Gasteiger partial charge on any atom is 0.490 e. The van der Waals surface area contributed by atoms with E-state index in [4.69, 9.17) is 9.90 Å². The predicted octanol–water partition coefficient (Wildman–Crippen LogP) is 4.60. The third-order valence-electron chi connectivity index (χ3n) is 7.14. The average molecular weight is 613 g/mol. The summed E-state index contributed by atoms with van der Waals surface area (Å²) < 4.78 is 61.2. The third-order valence-corrected chi connectivity index (χ3v) is 8.52. The summed E-state index contributed by atoms with van der Waals surface area (Å²) >= 11 is 0. The van der Waals surface area contributed by atoms with Gasteiger partial charge in [0.05, 0.1) is 16.3 Å². The van der Waals surface area contributed by atoms with Gasteiger partial charge in [-0.2, -0.15) is 13.2 Å². The molecule has 2 heterocycles. The number of nitrogens with one attached hydrogen (secondary N) is 2. The van der Waals surface area contributed by atoms with E-state index >= 15 is 0 Å². The van der Waals surface area contributed by atoms with E-state index in [0.29, 0.717) is 23.1 Å². The molecule has 42 heavy (non-hydrogen) atoms. The number of carboxylic acids is 1. The number of carboxylic acid groups (broad SMARTS) is 1. The first-order valence-corrected chi connectivity index (χ1v) is 15.5. The predicted molar refractivity (Wildman–Crippen MR) is 155 cm³/mol. The molecule has 0 unspecified atom stereocenters. The molecule has 2 fully saturated rings. The highest BCUT2D eigenvalue weighted by molar-refractivity contribution is 7.92. The van der Waals surface area contributed by atoms with E-state index in [0.717, 1.165) is 69.8 Å². The Morgan fingerprint density at radius 3 is 2.12 bits per heavy atom. The first kappa shape index (κ1) is 33.2. The molecule has 0 radical (unpaired) electrons. The molecule has 4 rings (SSSR count). The van der Waals surface area contributed by atoms with Crippen LogP contribution in [-0.4, -0.2) is 75.7 Å². The second-order valence-electron chi connectivity index (χ2n) is 11.1. The van der Waals surface area contributed by atoms with Gasteiger partial charge in [-0.3, -0.25) is 9.52 Å². The van der Waals surface area contributed by atoms with Crippen molar-refractivity contribution >= 4 is 33.3 Å². The lowest BCUT2D eigenvalue weighted by Gasteiger charge is -2.32. The normalized spacial score (nSPS) is 16.5. The zero-order valence-electron chi connectivity index (χ0n) is 24.1. The third kappa shape index (κ3) is 9.35. The van der Waals surface area contributed by atoms with E-state index in [1.807, 2.05) is 29.2 Å². The van der Waals surface area contributed by atoms with Crippen molar-refractivity contribution in [2.75, 3.05) is 48.9 Å². The van der Waals surface area contributed by atoms with Crippen LogP contribution < -0.4 is 14.9 Å². The van der Waals surface area contributed by atoms with E-state index in [1.54, 1.807) is 18.2 Å². The standard InChI is InChI=1S/C27H38N4O3S.C2HF3O2/c1-20(2)18-22-4-7-24(8-5-22)35(33,34)29-25-19-23(27(32)31-14-10-21(3)11-15-31)6-9-26(25)30-16-12-28-13-17-30;3-2(4,5)1(6)7/h4-9,19-21,28-29H,10-18H2,1-3H3;(H,6,7). The van der Waals surface area contributed by atoms with Crippen LogP contribution in [0.4, 0.5) is 24.5 Å². The van der Waals surface area contributed by atoms with Gasteiger partial charge in [-0.1, -0.05) is 32.9 Å². The molecule has 3 N–H and O–H groups in total. The summed E-state index contributed by atoms with van der Waals surface area (Å²) in [5.41, 5.74) is 2.89. The van der Waals surface area contributed by atoms with E-state index in [9.17, 15) is 26.4 Å². The lowest BCUT2D eigenvalue weighted by Crippen LogP contribution is -2.44. The fourth-order valence-electron chi connectivity index (χ4n) is 4.81. The van der Waals surface area contributed by atoms with Crippen molar-refractivity contribution in [3.05, 3.63) is 53.6 Å². The van der Waals surface area contributed by atoms with Crippen LogP contribution in [-0.2, 0) is 21.2 Å². The van der Waals surface area contributed by atoms with Crippen molar-refractivity contribution in [1.29, 1.82) is 0 Å². The molecule has 2 aromatic carbocycles. The molecular weight excluding hydrogens is 573 g/mol. The van der Waals surface area contributed by atoms with Gasteiger partial charge < -0.3 is 20.2 Å². The molecule has 2 aliphatic rings. The first-order valence-electron chi connectivity index (χ1n) is 14.0. The zero-order valence-corrected chi connectivity index (χ0v) is 24.9. The van der Waals surface area contributed by atoms with Crippen LogP contribution >= 0.6 is 0 Å². The van der Waals surface area contributed by atoms with E-state index in [-0.39, 0.29) is 10.8 Å². The summed E-state index contributed by atoms with van der Waals surface area (Å²) in [4.78, 5) is 26.4. The number of amides is 1. The largest absolute Gasteiger partial charge is 0.490 e. The number of carbonyl (C=O) groups excluding carboxylic acids is 1. The zero-order chi connectivity index (χ0) is 31.1. The van der Waals surface area contributed by atoms with Crippen LogP contribution in [0.2, 0.25) is 0 Å². The van der Waals surface area contributed by atoms with Crippen LogP contribution in [0.5, 0.6) is 0 Å². The summed E-state index contributed by atoms with van der Waals surface area (Å²) in [6.07, 6.45) is -2.19. The molecule has 0 bridgehead atoms. The molecule has 232 valence electrons. The van der Waals surface area contributed by atoms with Gasteiger partial charge >= 0.3 is 12.1 Å². The molecular formula is C29H39F3N4O5S. The van der Waals surface area contributed by atoms with Gasteiger partial charge in [0.2, 0.25) is 0 Å². The highest BCUT2D eigenvalue weighted by Crippen LogP contribution is 2.31. The Morgan fingerprint density at radius 2 is 1.60 bits per heavy atom. The number of rotatable bonds is 7. The molecule has 2 aliphatic heterocycles. The Hall–Kier alpha value is -3.32. The van der Waals surface area contributed by atoms with Crippen molar-refractivity contribution in [2.24, 2.45) is 11.8 Å². The number of aliphatic carboxylic acids is 1. The van der Waals surface area contributed by atoms with E-state index in [2.05, 4.69) is 35.7 Å². The number of benzene rings is 2. The van der Waals surface area contributed by atoms with Crippen molar-refractivity contribution < 1.29 is 36.3 Å². The van der Waals surface area contributed by atoms with Crippen LogP contribution in [0.25, 0.3) is 0 Å². The Kier molecular flexibility index (Phi) is 11.2. The minimum Gasteiger partial charge on any atom is -0.475 e. The van der Waals surface area contributed by atoms with Gasteiger partial charge in [-0.15, -0.1) is 0 Å². The molecule has 2 saturated heterocycles. The van der Waals surface area contributed by atoms with Crippen LogP contribution in [0.15, 0.2) is 47.4 Å². The fourth-order valence-corrected chi connectivity index (χ4v) is 5.87. The van der Waals surface area contributed by atoms with Gasteiger partial charge in [0.25, 0.3) is 15.9 Å². The van der Waals surface area contributed by atoms with Crippen LogP contribution in [0.3, 0.4) is 0 Å². The number of hydrogen-bond donors (Lipinski definition) is 3. The summed E-state index contributed by atoms with van der Waals surface area (Å²) in [6, 6.07) is 12.5. The Bertz CT molecular complexity index is 1320. The summed E-state index contributed by atoms with van der Waals surface area (Å²) in [7, 11) is -3.81. The Balaban J connectivity index is 0.000000616. The van der Waals surface area contributed by atoms with Gasteiger partial charge in [0.1, 0.15) is 0 Å². The summed E-state index contributed by atoms with van der Waals surface area (Å²) in [6.45, 7) is 11.2. The average Bonchev–Trinajstić information content (AvgIpc) is 2.93. The Labute approximate surface area is 245 Å². The maximum absolute atomic E-state index is 13.4. The van der Waals surface area contributed by atoms with E-state index in [1.165, 1.54) is 0 Å². The quantitative estimate of drug-likeness (QED) is 0.418. The van der Waals surface area contributed by atoms with Gasteiger partial charge in [-0.05, 0) is 67.0 Å². The van der Waals surface area contributed by atoms with Gasteiger partial charge in [0.15, 0.2) is 0 Å².